The first kappa shape index (κ1) is 62.1. The predicted molar refractivity (Wildman–Crippen MR) is 278 cm³/mol. The Morgan fingerprint density at radius 1 is 0.438 bits per heavy atom. The van der Waals surface area contributed by atoms with Crippen molar-refractivity contribution in [2.24, 2.45) is 0 Å². The average molecular weight is 901 g/mol. The van der Waals surface area contributed by atoms with Gasteiger partial charge < -0.3 is 20.3 Å². The van der Waals surface area contributed by atoms with Gasteiger partial charge in [-0.3, -0.25) is 9.59 Å². The SMILES string of the molecule is CCCCC/C=C\C/C=C\CCCCCCCCCC(=O)OCCCCCCCCCCC/C=C\CCCCCCCCCC(=O)NC(CO)C(O)CCCCCCCCCCCC. The first-order valence-electron chi connectivity index (χ1n) is 28.2. The number of nitrogens with one attached hydrogen (secondary N) is 1. The van der Waals surface area contributed by atoms with Gasteiger partial charge in [0, 0.05) is 12.8 Å². The molecule has 6 nitrogen and oxygen atoms in total. The lowest BCUT2D eigenvalue weighted by Crippen LogP contribution is -2.45. The molecule has 6 heteroatoms. The predicted octanol–water partition coefficient (Wildman–Crippen LogP) is 17.2. The number of aliphatic hydroxyl groups is 2. The lowest BCUT2D eigenvalue weighted by atomic mass is 10.0. The maximum atomic E-state index is 12.4. The van der Waals surface area contributed by atoms with Gasteiger partial charge in [0.25, 0.3) is 0 Å². The summed E-state index contributed by atoms with van der Waals surface area (Å²) in [6, 6.07) is -0.546. The molecule has 0 aliphatic heterocycles. The van der Waals surface area contributed by atoms with Gasteiger partial charge in [-0.1, -0.05) is 237 Å². The van der Waals surface area contributed by atoms with E-state index in [9.17, 15) is 19.8 Å². The minimum absolute atomic E-state index is 0.00193. The largest absolute Gasteiger partial charge is 0.466 e. The highest BCUT2D eigenvalue weighted by atomic mass is 16.5. The van der Waals surface area contributed by atoms with Crippen molar-refractivity contribution in [2.45, 2.75) is 309 Å². The van der Waals surface area contributed by atoms with Crippen LogP contribution in [0.3, 0.4) is 0 Å². The van der Waals surface area contributed by atoms with Crippen LogP contribution in [-0.4, -0.2) is 47.4 Å². The van der Waals surface area contributed by atoms with Crippen LogP contribution in [0.4, 0.5) is 0 Å². The van der Waals surface area contributed by atoms with E-state index in [1.165, 1.54) is 212 Å². The number of hydrogen-bond donors (Lipinski definition) is 3. The molecule has 0 bridgehead atoms. The number of esters is 1. The summed E-state index contributed by atoms with van der Waals surface area (Å²) in [5, 5.41) is 23.1. The second-order valence-electron chi connectivity index (χ2n) is 19.3. The normalized spacial score (nSPS) is 12.9. The Labute approximate surface area is 398 Å². The number of unbranched alkanes of at least 4 members (excludes halogenated alkanes) is 35. The summed E-state index contributed by atoms with van der Waals surface area (Å²) in [6.45, 7) is 4.90. The molecule has 0 rings (SSSR count). The van der Waals surface area contributed by atoms with E-state index in [2.05, 4.69) is 55.6 Å². The molecule has 1 amide bonds. The number of aliphatic hydroxyl groups excluding tert-OH is 2. The van der Waals surface area contributed by atoms with Crippen molar-refractivity contribution >= 4 is 11.9 Å². The summed E-state index contributed by atoms with van der Waals surface area (Å²) >= 11 is 0. The zero-order chi connectivity index (χ0) is 46.5. The Hall–Kier alpha value is -1.92. The van der Waals surface area contributed by atoms with Gasteiger partial charge in [-0.15, -0.1) is 0 Å². The molecule has 0 fully saturated rings. The van der Waals surface area contributed by atoms with Crippen LogP contribution in [0, 0.1) is 0 Å². The average Bonchev–Trinajstić information content (AvgIpc) is 3.29. The molecule has 0 aromatic rings. The monoisotopic (exact) mass is 900 g/mol. The van der Waals surface area contributed by atoms with Crippen molar-refractivity contribution < 1.29 is 24.5 Å². The molecule has 376 valence electrons. The fourth-order valence-corrected chi connectivity index (χ4v) is 8.55. The van der Waals surface area contributed by atoms with Crippen molar-refractivity contribution in [3.8, 4) is 0 Å². The van der Waals surface area contributed by atoms with Crippen molar-refractivity contribution in [1.82, 2.24) is 5.32 Å². The molecular formula is C58H109NO5. The van der Waals surface area contributed by atoms with E-state index in [4.69, 9.17) is 4.74 Å². The molecule has 3 N–H and O–H groups in total. The molecule has 0 radical (unpaired) electrons. The van der Waals surface area contributed by atoms with E-state index in [1.54, 1.807) is 0 Å². The number of hydrogen-bond acceptors (Lipinski definition) is 5. The number of amides is 1. The standard InChI is InChI=1S/C58H109NO5/c1-3-5-7-9-11-13-15-16-17-22-26-29-32-36-40-44-48-52-58(63)64-53-49-45-41-37-33-30-27-24-21-19-18-20-23-25-28-31-35-39-43-47-51-57(62)59-55(54-60)56(61)50-46-42-38-34-14-12-10-8-6-4-2/h11,13,16-18,20,55-56,60-61H,3-10,12,14-15,19,21-54H2,1-2H3,(H,59,62)/b13-11-,17-16-,20-18-. The molecule has 64 heavy (non-hydrogen) atoms. The van der Waals surface area contributed by atoms with Crippen molar-refractivity contribution in [3.05, 3.63) is 36.5 Å². The molecule has 0 aromatic heterocycles. The lowest BCUT2D eigenvalue weighted by Gasteiger charge is -2.22. The van der Waals surface area contributed by atoms with E-state index in [-0.39, 0.29) is 18.5 Å². The summed E-state index contributed by atoms with van der Waals surface area (Å²) in [5.41, 5.74) is 0. The third-order valence-corrected chi connectivity index (χ3v) is 12.9. The maximum Gasteiger partial charge on any atom is 0.305 e. The third-order valence-electron chi connectivity index (χ3n) is 12.9. The fourth-order valence-electron chi connectivity index (χ4n) is 8.55. The van der Waals surface area contributed by atoms with Gasteiger partial charge in [-0.2, -0.15) is 0 Å². The quantitative estimate of drug-likeness (QED) is 0.0321. The Kier molecular flexibility index (Phi) is 52.1. The summed E-state index contributed by atoms with van der Waals surface area (Å²) < 4.78 is 5.48. The summed E-state index contributed by atoms with van der Waals surface area (Å²) in [4.78, 5) is 24.5. The third kappa shape index (κ3) is 49.5. The minimum atomic E-state index is -0.668. The van der Waals surface area contributed by atoms with Crippen LogP contribution < -0.4 is 5.32 Å². The molecule has 0 aromatic carbocycles. The smallest absolute Gasteiger partial charge is 0.305 e. The van der Waals surface area contributed by atoms with Crippen molar-refractivity contribution in [2.75, 3.05) is 13.2 Å². The number of carbonyl (C=O) groups excluding carboxylic acids is 2. The van der Waals surface area contributed by atoms with Crippen LogP contribution >= 0.6 is 0 Å². The summed E-state index contributed by atoms with van der Waals surface area (Å²) in [7, 11) is 0. The van der Waals surface area contributed by atoms with E-state index < -0.39 is 12.1 Å². The Bertz CT molecular complexity index is 1040. The minimum Gasteiger partial charge on any atom is -0.466 e. The Morgan fingerprint density at radius 3 is 1.23 bits per heavy atom. The van der Waals surface area contributed by atoms with Crippen molar-refractivity contribution in [1.29, 1.82) is 0 Å². The molecule has 2 atom stereocenters. The van der Waals surface area contributed by atoms with Gasteiger partial charge in [-0.05, 0) is 83.5 Å². The molecule has 0 saturated heterocycles. The van der Waals surface area contributed by atoms with Crippen LogP contribution in [-0.2, 0) is 14.3 Å². The first-order valence-corrected chi connectivity index (χ1v) is 28.2. The maximum absolute atomic E-state index is 12.4. The van der Waals surface area contributed by atoms with Crippen LogP contribution in [0.2, 0.25) is 0 Å². The highest BCUT2D eigenvalue weighted by molar-refractivity contribution is 5.76. The first-order chi connectivity index (χ1) is 31.5. The van der Waals surface area contributed by atoms with Crippen LogP contribution in [0.25, 0.3) is 0 Å². The molecular weight excluding hydrogens is 791 g/mol. The molecule has 0 heterocycles. The zero-order valence-electron chi connectivity index (χ0n) is 42.8. The summed E-state index contributed by atoms with van der Waals surface area (Å²) in [5.74, 6) is -0.0477. The highest BCUT2D eigenvalue weighted by Gasteiger charge is 2.20. The number of carbonyl (C=O) groups is 2. The number of rotatable bonds is 52. The van der Waals surface area contributed by atoms with Gasteiger partial charge in [0.15, 0.2) is 0 Å². The molecule has 2 unspecified atom stereocenters. The van der Waals surface area contributed by atoms with E-state index >= 15 is 0 Å². The lowest BCUT2D eigenvalue weighted by molar-refractivity contribution is -0.143. The molecule has 0 aliphatic carbocycles. The Morgan fingerprint density at radius 2 is 0.781 bits per heavy atom. The topological polar surface area (TPSA) is 95.9 Å². The number of ether oxygens (including phenoxy) is 1. The van der Waals surface area contributed by atoms with E-state index in [0.717, 1.165) is 51.4 Å². The zero-order valence-corrected chi connectivity index (χ0v) is 42.8. The van der Waals surface area contributed by atoms with E-state index in [1.807, 2.05) is 0 Å². The van der Waals surface area contributed by atoms with Crippen LogP contribution in [0.15, 0.2) is 36.5 Å². The van der Waals surface area contributed by atoms with Crippen LogP contribution in [0.1, 0.15) is 296 Å². The number of allylic oxidation sites excluding steroid dienone is 6. The highest BCUT2D eigenvalue weighted by Crippen LogP contribution is 2.16. The molecule has 0 spiro atoms. The molecule has 0 saturated carbocycles. The van der Waals surface area contributed by atoms with Crippen LogP contribution in [0.5, 0.6) is 0 Å². The van der Waals surface area contributed by atoms with Gasteiger partial charge >= 0.3 is 5.97 Å². The van der Waals surface area contributed by atoms with Gasteiger partial charge in [-0.25, -0.2) is 0 Å². The molecule has 0 aliphatic rings. The van der Waals surface area contributed by atoms with Gasteiger partial charge in [0.05, 0.1) is 25.4 Å². The second kappa shape index (κ2) is 53.7. The fraction of sp³-hybridized carbons (Fsp3) is 0.862. The Balaban J connectivity index is 3.41. The second-order valence-corrected chi connectivity index (χ2v) is 19.3. The summed E-state index contributed by atoms with van der Waals surface area (Å²) in [6.07, 6.45) is 65.6. The van der Waals surface area contributed by atoms with Gasteiger partial charge in [0.2, 0.25) is 5.91 Å². The van der Waals surface area contributed by atoms with Gasteiger partial charge in [0.1, 0.15) is 0 Å². The van der Waals surface area contributed by atoms with Crippen molar-refractivity contribution in [3.63, 3.8) is 0 Å². The van der Waals surface area contributed by atoms with E-state index in [0.29, 0.717) is 25.9 Å².